The summed E-state index contributed by atoms with van der Waals surface area (Å²) in [4.78, 5) is 29.8. The average molecular weight is 519 g/mol. The standard InChI is InChI=1S/C33H30N2O4/c1-3-9-26-21-35-29(19-14-22(2)32(35)34-26)31(39-30(36)20-23-10-5-4-6-11-23)25-17-15-24(16-18-25)27-12-7-8-13-28(27)33(37)38/h4-8,10-19,21,31H,3,9,20H2,1-2H3,(H,37,38)/t31-/m1/s1. The van der Waals surface area contributed by atoms with Crippen LogP contribution in [0, 0.1) is 6.92 Å². The molecule has 2 aromatic heterocycles. The van der Waals surface area contributed by atoms with Crippen molar-refractivity contribution in [3.8, 4) is 11.1 Å². The fraction of sp³-hybridized carbons (Fsp3) is 0.182. The number of nitrogens with zero attached hydrogens (tertiary/aromatic N) is 2. The van der Waals surface area contributed by atoms with Gasteiger partial charge in [0.05, 0.1) is 23.4 Å². The second kappa shape index (κ2) is 11.4. The van der Waals surface area contributed by atoms with Crippen LogP contribution in [0.3, 0.4) is 0 Å². The molecule has 1 atom stereocenters. The molecule has 0 saturated heterocycles. The number of benzene rings is 3. The molecule has 0 unspecified atom stereocenters. The fourth-order valence-corrected chi connectivity index (χ4v) is 4.85. The number of carboxylic acids is 1. The average Bonchev–Trinajstić information content (AvgIpc) is 3.38. The van der Waals surface area contributed by atoms with E-state index in [-0.39, 0.29) is 18.0 Å². The highest BCUT2D eigenvalue weighted by molar-refractivity contribution is 5.96. The molecule has 0 amide bonds. The number of pyridine rings is 1. The number of aromatic nitrogens is 2. The van der Waals surface area contributed by atoms with Gasteiger partial charge in [-0.3, -0.25) is 9.20 Å². The van der Waals surface area contributed by atoms with Crippen molar-refractivity contribution in [3.05, 3.63) is 131 Å². The summed E-state index contributed by atoms with van der Waals surface area (Å²) in [5.74, 6) is -1.32. The van der Waals surface area contributed by atoms with Crippen LogP contribution >= 0.6 is 0 Å². The third-order valence-corrected chi connectivity index (χ3v) is 6.79. The summed E-state index contributed by atoms with van der Waals surface area (Å²) in [6.45, 7) is 4.14. The van der Waals surface area contributed by atoms with Gasteiger partial charge in [-0.15, -0.1) is 0 Å². The van der Waals surface area contributed by atoms with Gasteiger partial charge in [0.15, 0.2) is 6.10 Å². The number of imidazole rings is 1. The highest BCUT2D eigenvalue weighted by Gasteiger charge is 2.24. The summed E-state index contributed by atoms with van der Waals surface area (Å²) in [7, 11) is 0. The molecule has 0 fully saturated rings. The van der Waals surface area contributed by atoms with Gasteiger partial charge in [-0.05, 0) is 53.3 Å². The van der Waals surface area contributed by atoms with E-state index in [9.17, 15) is 14.7 Å². The van der Waals surface area contributed by atoms with Crippen LogP contribution in [0.4, 0.5) is 0 Å². The van der Waals surface area contributed by atoms with Gasteiger partial charge < -0.3 is 9.84 Å². The number of fused-ring (bicyclic) bond motifs is 1. The normalized spacial score (nSPS) is 11.8. The summed E-state index contributed by atoms with van der Waals surface area (Å²) in [6, 6.07) is 28.0. The maximum atomic E-state index is 13.2. The van der Waals surface area contributed by atoms with Crippen LogP contribution < -0.4 is 0 Å². The fourth-order valence-electron chi connectivity index (χ4n) is 4.85. The van der Waals surface area contributed by atoms with Crippen LogP contribution in [0.15, 0.2) is 97.2 Å². The molecule has 0 saturated carbocycles. The molecule has 0 spiro atoms. The minimum atomic E-state index is -0.979. The zero-order valence-electron chi connectivity index (χ0n) is 22.0. The maximum Gasteiger partial charge on any atom is 0.336 e. The number of ether oxygens (including phenoxy) is 1. The Hall–Kier alpha value is -4.71. The molecule has 6 nitrogen and oxygen atoms in total. The van der Waals surface area contributed by atoms with Gasteiger partial charge in [0.25, 0.3) is 0 Å². The van der Waals surface area contributed by atoms with E-state index in [2.05, 4.69) is 6.92 Å². The molecule has 196 valence electrons. The number of esters is 1. The third-order valence-electron chi connectivity index (χ3n) is 6.79. The summed E-state index contributed by atoms with van der Waals surface area (Å²) in [6.07, 6.45) is 3.33. The Kier molecular flexibility index (Phi) is 7.55. The van der Waals surface area contributed by atoms with Crippen molar-refractivity contribution >= 4 is 17.6 Å². The summed E-state index contributed by atoms with van der Waals surface area (Å²) >= 11 is 0. The predicted molar refractivity (Wildman–Crippen MR) is 151 cm³/mol. The van der Waals surface area contributed by atoms with Crippen LogP contribution in [-0.2, 0) is 22.4 Å². The molecule has 1 N–H and O–H groups in total. The molecule has 2 heterocycles. The van der Waals surface area contributed by atoms with Crippen molar-refractivity contribution in [2.45, 2.75) is 39.2 Å². The number of aromatic carboxylic acids is 1. The van der Waals surface area contributed by atoms with Crippen molar-refractivity contribution in [3.63, 3.8) is 0 Å². The number of carbonyl (C=O) groups excluding carboxylic acids is 1. The summed E-state index contributed by atoms with van der Waals surface area (Å²) in [5, 5.41) is 9.64. The molecule has 5 rings (SSSR count). The molecule has 39 heavy (non-hydrogen) atoms. The Morgan fingerprint density at radius 1 is 0.923 bits per heavy atom. The lowest BCUT2D eigenvalue weighted by Gasteiger charge is -2.21. The molecule has 0 radical (unpaired) electrons. The van der Waals surface area contributed by atoms with Gasteiger partial charge in [0, 0.05) is 6.20 Å². The minimum absolute atomic E-state index is 0.154. The molecule has 5 aromatic rings. The second-order valence-corrected chi connectivity index (χ2v) is 9.62. The van der Waals surface area contributed by atoms with E-state index in [0.717, 1.165) is 52.1 Å². The van der Waals surface area contributed by atoms with Crippen molar-refractivity contribution in [1.82, 2.24) is 9.38 Å². The summed E-state index contributed by atoms with van der Waals surface area (Å²) < 4.78 is 8.19. The second-order valence-electron chi connectivity index (χ2n) is 9.62. The zero-order chi connectivity index (χ0) is 27.4. The van der Waals surface area contributed by atoms with E-state index >= 15 is 0 Å². The lowest BCUT2D eigenvalue weighted by Crippen LogP contribution is -2.17. The Morgan fingerprint density at radius 3 is 2.36 bits per heavy atom. The van der Waals surface area contributed by atoms with Gasteiger partial charge in [-0.1, -0.05) is 92.2 Å². The number of carbonyl (C=O) groups is 2. The number of hydrogen-bond acceptors (Lipinski definition) is 4. The summed E-state index contributed by atoms with van der Waals surface area (Å²) in [5.41, 5.74) is 6.96. The van der Waals surface area contributed by atoms with E-state index < -0.39 is 12.1 Å². The molecule has 0 bridgehead atoms. The van der Waals surface area contributed by atoms with Crippen molar-refractivity contribution in [2.75, 3.05) is 0 Å². The van der Waals surface area contributed by atoms with Crippen LogP contribution in [0.5, 0.6) is 0 Å². The first-order chi connectivity index (χ1) is 18.9. The molecule has 0 aliphatic carbocycles. The van der Waals surface area contributed by atoms with Crippen molar-refractivity contribution in [1.29, 1.82) is 0 Å². The zero-order valence-corrected chi connectivity index (χ0v) is 22.0. The Balaban J connectivity index is 1.56. The van der Waals surface area contributed by atoms with Gasteiger partial charge in [-0.2, -0.15) is 0 Å². The van der Waals surface area contributed by atoms with E-state index in [1.165, 1.54) is 0 Å². The quantitative estimate of drug-likeness (QED) is 0.216. The van der Waals surface area contributed by atoms with Gasteiger partial charge in [0.1, 0.15) is 5.65 Å². The number of hydrogen-bond donors (Lipinski definition) is 1. The molecule has 0 aliphatic heterocycles. The minimum Gasteiger partial charge on any atom is -0.478 e. The number of rotatable bonds is 9. The predicted octanol–water partition coefficient (Wildman–Crippen LogP) is 6.84. The molecule has 6 heteroatoms. The Labute approximate surface area is 227 Å². The largest absolute Gasteiger partial charge is 0.478 e. The van der Waals surface area contributed by atoms with Gasteiger partial charge in [0.2, 0.25) is 0 Å². The first-order valence-electron chi connectivity index (χ1n) is 13.1. The van der Waals surface area contributed by atoms with Gasteiger partial charge in [-0.25, -0.2) is 9.78 Å². The Bertz CT molecular complexity index is 1620. The monoisotopic (exact) mass is 518 g/mol. The van der Waals surface area contributed by atoms with Crippen molar-refractivity contribution in [2.24, 2.45) is 0 Å². The third kappa shape index (κ3) is 5.60. The van der Waals surface area contributed by atoms with E-state index in [1.54, 1.807) is 18.2 Å². The highest BCUT2D eigenvalue weighted by Crippen LogP contribution is 2.32. The maximum absolute atomic E-state index is 13.2. The van der Waals surface area contributed by atoms with Crippen LogP contribution in [0.25, 0.3) is 16.8 Å². The Morgan fingerprint density at radius 2 is 1.64 bits per heavy atom. The van der Waals surface area contributed by atoms with E-state index in [4.69, 9.17) is 9.72 Å². The van der Waals surface area contributed by atoms with E-state index in [1.807, 2.05) is 90.3 Å². The van der Waals surface area contributed by atoms with Crippen molar-refractivity contribution < 1.29 is 19.4 Å². The SMILES string of the molecule is CCCc1cn2c([C@H](OC(=O)Cc3ccccc3)c3ccc(-c4ccccc4C(=O)O)cc3)ccc(C)c2n1. The van der Waals surface area contributed by atoms with Gasteiger partial charge >= 0.3 is 11.9 Å². The smallest absolute Gasteiger partial charge is 0.336 e. The lowest BCUT2D eigenvalue weighted by molar-refractivity contribution is -0.146. The molecule has 0 aliphatic rings. The van der Waals surface area contributed by atoms with Crippen LogP contribution in [0.2, 0.25) is 0 Å². The highest BCUT2D eigenvalue weighted by atomic mass is 16.5. The number of carboxylic acid groups (broad SMARTS) is 1. The first-order valence-corrected chi connectivity index (χ1v) is 13.1. The van der Waals surface area contributed by atoms with E-state index in [0.29, 0.717) is 5.56 Å². The van der Waals surface area contributed by atoms with Crippen LogP contribution in [0.1, 0.15) is 57.9 Å². The molecular weight excluding hydrogens is 488 g/mol. The number of aryl methyl sites for hydroxylation is 2. The topological polar surface area (TPSA) is 80.9 Å². The molecule has 3 aromatic carbocycles. The molecular formula is C33H30N2O4. The first kappa shape index (κ1) is 25.9. The van der Waals surface area contributed by atoms with Crippen LogP contribution in [-0.4, -0.2) is 26.4 Å². The lowest BCUT2D eigenvalue weighted by atomic mass is 9.96.